The second kappa shape index (κ2) is 8.82. The Kier molecular flexibility index (Phi) is 6.78. The average molecular weight is 314 g/mol. The van der Waals surface area contributed by atoms with Gasteiger partial charge < -0.3 is 14.2 Å². The number of methoxy groups -OCH3 is 1. The van der Waals surface area contributed by atoms with Crippen LogP contribution in [-0.2, 0) is 20.8 Å². The normalized spacial score (nSPS) is 29.8. The van der Waals surface area contributed by atoms with Crippen molar-refractivity contribution in [3.8, 4) is 0 Å². The van der Waals surface area contributed by atoms with Gasteiger partial charge in [0, 0.05) is 13.5 Å². The number of benzene rings is 1. The van der Waals surface area contributed by atoms with Crippen LogP contribution in [0.25, 0.3) is 0 Å². The van der Waals surface area contributed by atoms with Gasteiger partial charge in [0.2, 0.25) is 0 Å². The minimum absolute atomic E-state index is 0.114. The molecule has 0 fully saturated rings. The maximum atomic E-state index is 6.18. The molecule has 1 aromatic carbocycles. The van der Waals surface area contributed by atoms with Crippen LogP contribution >= 0.6 is 0 Å². The summed E-state index contributed by atoms with van der Waals surface area (Å²) >= 11 is 0. The van der Waals surface area contributed by atoms with Crippen LogP contribution in [0.4, 0.5) is 0 Å². The van der Waals surface area contributed by atoms with Crippen molar-refractivity contribution < 1.29 is 14.2 Å². The zero-order valence-corrected chi connectivity index (χ0v) is 13.8. The SMILES string of the molecule is C=C[C@H]1O[C@](C=C)(OC)CC/C=C\C[C@@H]1OCc1ccccc1. The molecule has 0 amide bonds. The molecule has 0 saturated heterocycles. The predicted octanol–water partition coefficient (Wildman–Crippen LogP) is 4.41. The van der Waals surface area contributed by atoms with Crippen molar-refractivity contribution in [2.45, 2.75) is 43.9 Å². The monoisotopic (exact) mass is 314 g/mol. The Hall–Kier alpha value is -1.68. The van der Waals surface area contributed by atoms with Crippen LogP contribution in [0.15, 0.2) is 67.8 Å². The Morgan fingerprint density at radius 3 is 2.70 bits per heavy atom. The Morgan fingerprint density at radius 2 is 2.04 bits per heavy atom. The van der Waals surface area contributed by atoms with Crippen molar-refractivity contribution in [1.29, 1.82) is 0 Å². The lowest BCUT2D eigenvalue weighted by Crippen LogP contribution is -2.41. The van der Waals surface area contributed by atoms with Gasteiger partial charge >= 0.3 is 0 Å². The molecule has 0 aliphatic carbocycles. The van der Waals surface area contributed by atoms with Gasteiger partial charge in [-0.1, -0.05) is 55.1 Å². The second-order valence-electron chi connectivity index (χ2n) is 5.62. The van der Waals surface area contributed by atoms with Crippen molar-refractivity contribution in [1.82, 2.24) is 0 Å². The fraction of sp³-hybridized carbons (Fsp3) is 0.400. The molecular weight excluding hydrogens is 288 g/mol. The summed E-state index contributed by atoms with van der Waals surface area (Å²) in [5.74, 6) is -0.804. The summed E-state index contributed by atoms with van der Waals surface area (Å²) in [6, 6.07) is 10.1. The molecule has 1 aromatic rings. The molecule has 0 aromatic heterocycles. The van der Waals surface area contributed by atoms with Crippen LogP contribution in [0, 0.1) is 0 Å². The van der Waals surface area contributed by atoms with Gasteiger partial charge in [-0.2, -0.15) is 0 Å². The van der Waals surface area contributed by atoms with Crippen molar-refractivity contribution in [2.24, 2.45) is 0 Å². The van der Waals surface area contributed by atoms with E-state index in [9.17, 15) is 0 Å². The van der Waals surface area contributed by atoms with Crippen LogP contribution < -0.4 is 0 Å². The molecule has 0 radical (unpaired) electrons. The highest BCUT2D eigenvalue weighted by Crippen LogP contribution is 2.28. The zero-order valence-electron chi connectivity index (χ0n) is 13.8. The molecule has 0 unspecified atom stereocenters. The summed E-state index contributed by atoms with van der Waals surface area (Å²) in [7, 11) is 1.64. The zero-order chi connectivity index (χ0) is 16.5. The molecule has 124 valence electrons. The molecule has 1 aliphatic rings. The van der Waals surface area contributed by atoms with Crippen LogP contribution in [0.3, 0.4) is 0 Å². The second-order valence-corrected chi connectivity index (χ2v) is 5.62. The summed E-state index contributed by atoms with van der Waals surface area (Å²) in [4.78, 5) is 0. The van der Waals surface area contributed by atoms with Gasteiger partial charge in [-0.25, -0.2) is 0 Å². The molecule has 0 N–H and O–H groups in total. The molecule has 23 heavy (non-hydrogen) atoms. The van der Waals surface area contributed by atoms with Crippen LogP contribution in [0.1, 0.15) is 24.8 Å². The molecule has 1 heterocycles. The van der Waals surface area contributed by atoms with Gasteiger partial charge in [0.25, 0.3) is 0 Å². The highest BCUT2D eigenvalue weighted by atomic mass is 16.7. The first kappa shape index (κ1) is 17.7. The molecule has 0 bridgehead atoms. The van der Waals surface area contributed by atoms with E-state index in [1.807, 2.05) is 18.2 Å². The smallest absolute Gasteiger partial charge is 0.188 e. The van der Waals surface area contributed by atoms with E-state index >= 15 is 0 Å². The fourth-order valence-corrected chi connectivity index (χ4v) is 2.66. The first-order chi connectivity index (χ1) is 11.2. The minimum atomic E-state index is -0.804. The topological polar surface area (TPSA) is 27.7 Å². The first-order valence-corrected chi connectivity index (χ1v) is 8.02. The average Bonchev–Trinajstić information content (AvgIpc) is 2.70. The predicted molar refractivity (Wildman–Crippen MR) is 93.0 cm³/mol. The summed E-state index contributed by atoms with van der Waals surface area (Å²) in [5, 5.41) is 0. The lowest BCUT2D eigenvalue weighted by Gasteiger charge is -2.34. The number of ether oxygens (including phenoxy) is 3. The van der Waals surface area contributed by atoms with E-state index in [1.165, 1.54) is 0 Å². The van der Waals surface area contributed by atoms with E-state index in [2.05, 4.69) is 37.4 Å². The number of allylic oxidation sites excluding steroid dienone is 1. The Labute approximate surface area is 139 Å². The van der Waals surface area contributed by atoms with E-state index in [-0.39, 0.29) is 12.2 Å². The van der Waals surface area contributed by atoms with Gasteiger partial charge in [0.15, 0.2) is 5.79 Å². The van der Waals surface area contributed by atoms with E-state index in [1.54, 1.807) is 19.3 Å². The molecule has 2 rings (SSSR count). The van der Waals surface area contributed by atoms with Crippen LogP contribution in [0.5, 0.6) is 0 Å². The number of hydrogen-bond acceptors (Lipinski definition) is 3. The van der Waals surface area contributed by atoms with Crippen molar-refractivity contribution in [3.05, 3.63) is 73.4 Å². The molecular formula is C20H26O3. The Morgan fingerprint density at radius 1 is 1.26 bits per heavy atom. The van der Waals surface area contributed by atoms with Gasteiger partial charge in [-0.3, -0.25) is 0 Å². The fourth-order valence-electron chi connectivity index (χ4n) is 2.66. The highest BCUT2D eigenvalue weighted by Gasteiger charge is 2.33. The molecule has 3 nitrogen and oxygen atoms in total. The first-order valence-electron chi connectivity index (χ1n) is 8.02. The van der Waals surface area contributed by atoms with Gasteiger partial charge in [0.1, 0.15) is 6.10 Å². The maximum Gasteiger partial charge on any atom is 0.188 e. The largest absolute Gasteiger partial charge is 0.370 e. The lowest BCUT2D eigenvalue weighted by molar-refractivity contribution is -0.227. The minimum Gasteiger partial charge on any atom is -0.370 e. The third kappa shape index (κ3) is 4.90. The molecule has 0 saturated carbocycles. The lowest BCUT2D eigenvalue weighted by atomic mass is 10.1. The summed E-state index contributed by atoms with van der Waals surface area (Å²) < 4.78 is 17.9. The van der Waals surface area contributed by atoms with Crippen molar-refractivity contribution in [2.75, 3.05) is 7.11 Å². The maximum absolute atomic E-state index is 6.18. The van der Waals surface area contributed by atoms with E-state index < -0.39 is 5.79 Å². The van der Waals surface area contributed by atoms with E-state index in [0.29, 0.717) is 6.61 Å². The van der Waals surface area contributed by atoms with Crippen LogP contribution in [-0.4, -0.2) is 25.1 Å². The molecule has 0 spiro atoms. The van der Waals surface area contributed by atoms with Crippen molar-refractivity contribution in [3.63, 3.8) is 0 Å². The molecule has 1 aliphatic heterocycles. The third-order valence-corrected chi connectivity index (χ3v) is 4.09. The Bertz CT molecular complexity index is 523. The number of rotatable bonds is 6. The van der Waals surface area contributed by atoms with Crippen molar-refractivity contribution >= 4 is 0 Å². The highest BCUT2D eigenvalue weighted by molar-refractivity contribution is 5.13. The third-order valence-electron chi connectivity index (χ3n) is 4.09. The van der Waals surface area contributed by atoms with E-state index in [4.69, 9.17) is 14.2 Å². The molecule has 3 heteroatoms. The van der Waals surface area contributed by atoms with Gasteiger partial charge in [-0.05, 0) is 24.5 Å². The summed E-state index contributed by atoms with van der Waals surface area (Å²) in [6.45, 7) is 8.32. The molecule has 3 atom stereocenters. The number of hydrogen-bond donors (Lipinski definition) is 0. The Balaban J connectivity index is 2.11. The quantitative estimate of drug-likeness (QED) is 0.728. The summed E-state index contributed by atoms with van der Waals surface area (Å²) in [5.41, 5.74) is 1.14. The van der Waals surface area contributed by atoms with Gasteiger partial charge in [-0.15, -0.1) is 6.58 Å². The van der Waals surface area contributed by atoms with Gasteiger partial charge in [0.05, 0.1) is 12.7 Å². The van der Waals surface area contributed by atoms with E-state index in [0.717, 1.165) is 24.8 Å². The standard InChI is InChI=1S/C20H26O3/c1-4-18-19(22-16-17-12-8-6-9-13-17)14-10-7-11-15-20(5-2,21-3)23-18/h4-10,12-13,18-19H,1-2,11,14-16H2,3H3/b10-7-/t18-,19+,20+/m1/s1. The van der Waals surface area contributed by atoms with Crippen LogP contribution in [0.2, 0.25) is 0 Å². The summed E-state index contributed by atoms with van der Waals surface area (Å²) in [6.07, 6.45) is 9.78.